The van der Waals surface area contributed by atoms with E-state index in [-0.39, 0.29) is 0 Å². The summed E-state index contributed by atoms with van der Waals surface area (Å²) in [5.74, 6) is -0.488. The lowest BCUT2D eigenvalue weighted by molar-refractivity contribution is -0.122. The second-order valence-corrected chi connectivity index (χ2v) is 2.51. The third-order valence-electron chi connectivity index (χ3n) is 1.42. The Bertz CT molecular complexity index is 158. The van der Waals surface area contributed by atoms with Crippen LogP contribution in [-0.4, -0.2) is 28.5 Å². The van der Waals surface area contributed by atoms with Crippen molar-refractivity contribution in [1.82, 2.24) is 5.32 Å². The Kier molecular flexibility index (Phi) is 5.32. The van der Waals surface area contributed by atoms with E-state index in [9.17, 15) is 4.79 Å². The van der Waals surface area contributed by atoms with Crippen LogP contribution in [0.1, 0.15) is 19.8 Å². The lowest BCUT2D eigenvalue weighted by Crippen LogP contribution is -2.42. The molecule has 2 atom stereocenters. The van der Waals surface area contributed by atoms with Gasteiger partial charge in [0.25, 0.3) is 0 Å². The predicted molar refractivity (Wildman–Crippen MR) is 45.3 cm³/mol. The lowest BCUT2D eigenvalue weighted by atomic mass is 10.2. The van der Waals surface area contributed by atoms with Crippen LogP contribution in [0.4, 0.5) is 0 Å². The third-order valence-corrected chi connectivity index (χ3v) is 1.42. The summed E-state index contributed by atoms with van der Waals surface area (Å²) in [6.45, 7) is 5.09. The monoisotopic (exact) mass is 173 g/mol. The van der Waals surface area contributed by atoms with Crippen molar-refractivity contribution < 1.29 is 15.0 Å². The Labute approximate surface area is 71.9 Å². The zero-order chi connectivity index (χ0) is 9.56. The van der Waals surface area contributed by atoms with E-state index in [0.717, 1.165) is 12.5 Å². The highest BCUT2D eigenvalue weighted by molar-refractivity contribution is 5.86. The Morgan fingerprint density at radius 3 is 2.67 bits per heavy atom. The summed E-state index contributed by atoms with van der Waals surface area (Å²) < 4.78 is 0. The molecule has 2 unspecified atom stereocenters. The van der Waals surface area contributed by atoms with E-state index in [1.54, 1.807) is 0 Å². The first-order chi connectivity index (χ1) is 5.61. The molecule has 0 aromatic heterocycles. The largest absolute Gasteiger partial charge is 0.388 e. The number of hydrogen-bond acceptors (Lipinski definition) is 3. The molecule has 0 aliphatic rings. The van der Waals surface area contributed by atoms with E-state index in [1.807, 2.05) is 6.92 Å². The van der Waals surface area contributed by atoms with Gasteiger partial charge in [0.15, 0.2) is 6.23 Å². The van der Waals surface area contributed by atoms with Crippen molar-refractivity contribution in [3.05, 3.63) is 12.7 Å². The summed E-state index contributed by atoms with van der Waals surface area (Å²) in [4.78, 5) is 10.6. The SMILES string of the molecule is C=CC(=O)NC(O)C(O)CCC. The molecular formula is C8H15NO3. The van der Waals surface area contributed by atoms with E-state index in [2.05, 4.69) is 11.9 Å². The molecule has 12 heavy (non-hydrogen) atoms. The topological polar surface area (TPSA) is 69.6 Å². The van der Waals surface area contributed by atoms with Crippen LogP contribution >= 0.6 is 0 Å². The van der Waals surface area contributed by atoms with Crippen LogP contribution in [0.5, 0.6) is 0 Å². The summed E-state index contributed by atoms with van der Waals surface area (Å²) in [5, 5.41) is 20.4. The molecule has 1 amide bonds. The summed E-state index contributed by atoms with van der Waals surface area (Å²) in [6, 6.07) is 0. The lowest BCUT2D eigenvalue weighted by Gasteiger charge is -2.17. The molecule has 0 spiro atoms. The molecule has 0 radical (unpaired) electrons. The van der Waals surface area contributed by atoms with Gasteiger partial charge in [0.05, 0.1) is 6.10 Å². The van der Waals surface area contributed by atoms with Gasteiger partial charge >= 0.3 is 0 Å². The quantitative estimate of drug-likeness (QED) is 0.397. The normalized spacial score (nSPS) is 14.9. The molecule has 0 fully saturated rings. The van der Waals surface area contributed by atoms with E-state index >= 15 is 0 Å². The smallest absolute Gasteiger partial charge is 0.245 e. The van der Waals surface area contributed by atoms with Crippen LogP contribution in [0.2, 0.25) is 0 Å². The van der Waals surface area contributed by atoms with Crippen LogP contribution in [-0.2, 0) is 4.79 Å². The number of carbonyl (C=O) groups is 1. The van der Waals surface area contributed by atoms with Gasteiger partial charge in [-0.1, -0.05) is 19.9 Å². The zero-order valence-corrected chi connectivity index (χ0v) is 7.16. The summed E-state index contributed by atoms with van der Waals surface area (Å²) in [5.41, 5.74) is 0. The standard InChI is InChI=1S/C8H15NO3/c1-3-5-6(10)8(12)9-7(11)4-2/h4,6,8,10,12H,2-3,5H2,1H3,(H,9,11). The number of amides is 1. The molecular weight excluding hydrogens is 158 g/mol. The first-order valence-electron chi connectivity index (χ1n) is 3.90. The minimum Gasteiger partial charge on any atom is -0.388 e. The number of nitrogens with one attached hydrogen (secondary N) is 1. The van der Waals surface area contributed by atoms with E-state index in [4.69, 9.17) is 10.2 Å². The van der Waals surface area contributed by atoms with Crippen molar-refractivity contribution in [2.45, 2.75) is 32.1 Å². The Morgan fingerprint density at radius 2 is 2.25 bits per heavy atom. The van der Waals surface area contributed by atoms with Gasteiger partial charge in [0.2, 0.25) is 5.91 Å². The second-order valence-electron chi connectivity index (χ2n) is 2.51. The molecule has 0 bridgehead atoms. The average Bonchev–Trinajstić information content (AvgIpc) is 2.04. The van der Waals surface area contributed by atoms with Gasteiger partial charge in [-0.25, -0.2) is 0 Å². The van der Waals surface area contributed by atoms with Gasteiger partial charge in [-0.15, -0.1) is 0 Å². The molecule has 0 aliphatic carbocycles. The zero-order valence-electron chi connectivity index (χ0n) is 7.16. The number of rotatable bonds is 5. The van der Waals surface area contributed by atoms with Crippen molar-refractivity contribution in [1.29, 1.82) is 0 Å². The number of carbonyl (C=O) groups excluding carboxylic acids is 1. The second kappa shape index (κ2) is 5.74. The summed E-state index contributed by atoms with van der Waals surface area (Å²) in [7, 11) is 0. The minimum absolute atomic E-state index is 0.457. The molecule has 70 valence electrons. The van der Waals surface area contributed by atoms with Crippen LogP contribution in [0, 0.1) is 0 Å². The molecule has 0 saturated carbocycles. The van der Waals surface area contributed by atoms with Gasteiger partial charge < -0.3 is 15.5 Å². The van der Waals surface area contributed by atoms with E-state index < -0.39 is 18.2 Å². The van der Waals surface area contributed by atoms with Crippen molar-refractivity contribution in [2.24, 2.45) is 0 Å². The van der Waals surface area contributed by atoms with Gasteiger partial charge in [0, 0.05) is 0 Å². The molecule has 0 saturated heterocycles. The third kappa shape index (κ3) is 4.10. The molecule has 0 rings (SSSR count). The molecule has 3 N–H and O–H groups in total. The highest BCUT2D eigenvalue weighted by Gasteiger charge is 2.15. The molecule has 4 heteroatoms. The first kappa shape index (κ1) is 11.1. The van der Waals surface area contributed by atoms with Crippen molar-refractivity contribution in [3.63, 3.8) is 0 Å². The Balaban J connectivity index is 3.77. The van der Waals surface area contributed by atoms with Crippen LogP contribution in [0.15, 0.2) is 12.7 Å². The number of hydrogen-bond donors (Lipinski definition) is 3. The van der Waals surface area contributed by atoms with Crippen LogP contribution in [0.3, 0.4) is 0 Å². The van der Waals surface area contributed by atoms with Crippen molar-refractivity contribution in [2.75, 3.05) is 0 Å². The molecule has 0 aliphatic heterocycles. The van der Waals surface area contributed by atoms with Gasteiger partial charge in [0.1, 0.15) is 0 Å². The predicted octanol–water partition coefficient (Wildman–Crippen LogP) is -0.232. The summed E-state index contributed by atoms with van der Waals surface area (Å²) >= 11 is 0. The van der Waals surface area contributed by atoms with Crippen molar-refractivity contribution in [3.8, 4) is 0 Å². The van der Waals surface area contributed by atoms with Crippen LogP contribution in [0.25, 0.3) is 0 Å². The van der Waals surface area contributed by atoms with Gasteiger partial charge in [-0.3, -0.25) is 4.79 Å². The maximum absolute atomic E-state index is 10.6. The fraction of sp³-hybridized carbons (Fsp3) is 0.625. The Morgan fingerprint density at radius 1 is 1.67 bits per heavy atom. The maximum atomic E-state index is 10.6. The van der Waals surface area contributed by atoms with E-state index in [0.29, 0.717) is 6.42 Å². The fourth-order valence-corrected chi connectivity index (χ4v) is 0.755. The Hall–Kier alpha value is -0.870. The average molecular weight is 173 g/mol. The highest BCUT2D eigenvalue weighted by atomic mass is 16.3. The molecule has 0 aromatic rings. The highest BCUT2D eigenvalue weighted by Crippen LogP contribution is 1.99. The van der Waals surface area contributed by atoms with Gasteiger partial charge in [-0.05, 0) is 12.5 Å². The van der Waals surface area contributed by atoms with E-state index in [1.165, 1.54) is 0 Å². The summed E-state index contributed by atoms with van der Waals surface area (Å²) in [6.07, 6.45) is 0.150. The van der Waals surface area contributed by atoms with Crippen molar-refractivity contribution >= 4 is 5.91 Å². The van der Waals surface area contributed by atoms with Gasteiger partial charge in [-0.2, -0.15) is 0 Å². The first-order valence-corrected chi connectivity index (χ1v) is 3.90. The molecule has 0 heterocycles. The number of aliphatic hydroxyl groups excluding tert-OH is 2. The molecule has 4 nitrogen and oxygen atoms in total. The maximum Gasteiger partial charge on any atom is 0.245 e. The number of aliphatic hydroxyl groups is 2. The minimum atomic E-state index is -1.20. The fourth-order valence-electron chi connectivity index (χ4n) is 0.755. The van der Waals surface area contributed by atoms with Crippen LogP contribution < -0.4 is 5.32 Å². The molecule has 0 aromatic carbocycles.